The van der Waals surface area contributed by atoms with Crippen molar-refractivity contribution in [3.05, 3.63) is 53.1 Å². The molecule has 1 saturated heterocycles. The van der Waals surface area contributed by atoms with Crippen LogP contribution in [0, 0.1) is 17.2 Å². The van der Waals surface area contributed by atoms with E-state index in [0.29, 0.717) is 48.1 Å². The summed E-state index contributed by atoms with van der Waals surface area (Å²) in [7, 11) is 1.40. The zero-order chi connectivity index (χ0) is 28.2. The Balaban J connectivity index is 1.27. The molecule has 1 aliphatic heterocycles. The van der Waals surface area contributed by atoms with Gasteiger partial charge in [-0.3, -0.25) is 4.79 Å². The number of nitrogens with one attached hydrogen (secondary N) is 1. The van der Waals surface area contributed by atoms with Crippen LogP contribution in [-0.4, -0.2) is 53.3 Å². The molecule has 0 saturated carbocycles. The summed E-state index contributed by atoms with van der Waals surface area (Å²) >= 11 is 0. The molecule has 3 aromatic rings. The van der Waals surface area contributed by atoms with Crippen molar-refractivity contribution in [2.75, 3.05) is 20.2 Å². The molecule has 2 aliphatic rings. The number of urea groups is 1. The monoisotopic (exact) mass is 543 g/mol. The number of hydrogen-bond acceptors (Lipinski definition) is 8. The van der Waals surface area contributed by atoms with E-state index >= 15 is 0 Å². The first-order chi connectivity index (χ1) is 19.4. The predicted octanol–water partition coefficient (Wildman–Crippen LogP) is 5.03. The van der Waals surface area contributed by atoms with Gasteiger partial charge >= 0.3 is 12.0 Å². The van der Waals surface area contributed by atoms with Gasteiger partial charge in [0.1, 0.15) is 11.8 Å². The number of benzene rings is 2. The number of likely N-dealkylation sites (tertiary alicyclic amines) is 1. The highest BCUT2D eigenvalue weighted by atomic mass is 16.5. The van der Waals surface area contributed by atoms with Crippen LogP contribution in [-0.2, 0) is 16.0 Å². The molecule has 1 aliphatic carbocycles. The van der Waals surface area contributed by atoms with E-state index < -0.39 is 0 Å². The van der Waals surface area contributed by atoms with Crippen LogP contribution < -0.4 is 10.1 Å². The van der Waals surface area contributed by atoms with Crippen molar-refractivity contribution in [3.63, 3.8) is 0 Å². The van der Waals surface area contributed by atoms with Crippen LogP contribution >= 0.6 is 0 Å². The van der Waals surface area contributed by atoms with Gasteiger partial charge in [-0.05, 0) is 74.8 Å². The summed E-state index contributed by atoms with van der Waals surface area (Å²) in [5.41, 5.74) is 4.06. The summed E-state index contributed by atoms with van der Waals surface area (Å²) in [6.45, 7) is 5.06. The highest BCUT2D eigenvalue weighted by Crippen LogP contribution is 2.38. The molecule has 2 heterocycles. The molecule has 1 fully saturated rings. The number of aromatic nitrogens is 2. The first-order valence-corrected chi connectivity index (χ1v) is 13.7. The van der Waals surface area contributed by atoms with Gasteiger partial charge in [-0.1, -0.05) is 23.4 Å². The lowest BCUT2D eigenvalue weighted by Crippen LogP contribution is -2.45. The molecule has 1 N–H and O–H groups in total. The summed E-state index contributed by atoms with van der Waals surface area (Å²) in [4.78, 5) is 31.1. The maximum atomic E-state index is 13.1. The molecule has 2 amide bonds. The summed E-state index contributed by atoms with van der Waals surface area (Å²) in [6.07, 6.45) is 3.49. The van der Waals surface area contributed by atoms with E-state index in [0.717, 1.165) is 42.4 Å². The lowest BCUT2D eigenvalue weighted by Gasteiger charge is -2.32. The van der Waals surface area contributed by atoms with Crippen LogP contribution in [0.2, 0.25) is 0 Å². The number of esters is 1. The average Bonchev–Trinajstić information content (AvgIpc) is 3.61. The van der Waals surface area contributed by atoms with Crippen molar-refractivity contribution in [3.8, 4) is 34.7 Å². The van der Waals surface area contributed by atoms with E-state index in [4.69, 9.17) is 14.0 Å². The summed E-state index contributed by atoms with van der Waals surface area (Å²) in [6, 6.07) is 13.2. The second kappa shape index (κ2) is 11.8. The van der Waals surface area contributed by atoms with Gasteiger partial charge in [-0.25, -0.2) is 4.79 Å². The Morgan fingerprint density at radius 1 is 1.20 bits per heavy atom. The van der Waals surface area contributed by atoms with Crippen LogP contribution in [0.4, 0.5) is 4.79 Å². The van der Waals surface area contributed by atoms with Crippen LogP contribution in [0.5, 0.6) is 5.75 Å². The number of carbonyl (C=O) groups is 2. The van der Waals surface area contributed by atoms with Crippen molar-refractivity contribution in [2.45, 2.75) is 58.1 Å². The zero-order valence-corrected chi connectivity index (χ0v) is 23.0. The number of amides is 2. The number of hydrogen-bond donors (Lipinski definition) is 1. The van der Waals surface area contributed by atoms with Gasteiger partial charge in [-0.2, -0.15) is 10.2 Å². The van der Waals surface area contributed by atoms with Crippen molar-refractivity contribution >= 4 is 12.0 Å². The molecule has 0 radical (unpaired) electrons. The van der Waals surface area contributed by atoms with E-state index in [1.54, 1.807) is 18.2 Å². The molecular formula is C30H33N5O5. The topological polar surface area (TPSA) is 131 Å². The predicted molar refractivity (Wildman–Crippen MR) is 146 cm³/mol. The fourth-order valence-corrected chi connectivity index (χ4v) is 5.47. The van der Waals surface area contributed by atoms with Crippen LogP contribution in [0.1, 0.15) is 62.3 Å². The van der Waals surface area contributed by atoms with Crippen molar-refractivity contribution in [1.29, 1.82) is 5.26 Å². The molecule has 208 valence electrons. The van der Waals surface area contributed by atoms with Gasteiger partial charge in [-0.15, -0.1) is 0 Å². The van der Waals surface area contributed by atoms with Crippen LogP contribution in [0.15, 0.2) is 40.9 Å². The largest absolute Gasteiger partial charge is 0.490 e. The second-order valence-corrected chi connectivity index (χ2v) is 10.5. The number of carbonyl (C=O) groups excluding carboxylic acids is 2. The first-order valence-electron chi connectivity index (χ1n) is 13.7. The molecule has 5 rings (SSSR count). The van der Waals surface area contributed by atoms with Gasteiger partial charge in [0.15, 0.2) is 0 Å². The molecule has 10 heteroatoms. The second-order valence-electron chi connectivity index (χ2n) is 10.5. The molecule has 2 aromatic carbocycles. The fourth-order valence-electron chi connectivity index (χ4n) is 5.47. The first kappa shape index (κ1) is 27.2. The SMILES string of the molecule is COC(=O)CC1CCN(C(=O)N[C@H]2CCc3c(-c4noc(-c5ccc(OC(C)C)c(C#N)c5)n4)cccc32)CC1. The average molecular weight is 544 g/mol. The number of nitrogens with zero attached hydrogens (tertiary/aromatic N) is 4. The fraction of sp³-hybridized carbons (Fsp3) is 0.433. The third-order valence-corrected chi connectivity index (χ3v) is 7.53. The maximum Gasteiger partial charge on any atom is 0.317 e. The highest BCUT2D eigenvalue weighted by molar-refractivity contribution is 5.76. The number of rotatable bonds is 7. The minimum atomic E-state index is -0.198. The number of methoxy groups -OCH3 is 1. The quantitative estimate of drug-likeness (QED) is 0.411. The lowest BCUT2D eigenvalue weighted by molar-refractivity contribution is -0.142. The Hall–Kier alpha value is -4.39. The van der Waals surface area contributed by atoms with Gasteiger partial charge in [0.25, 0.3) is 5.89 Å². The van der Waals surface area contributed by atoms with Crippen LogP contribution in [0.25, 0.3) is 22.8 Å². The zero-order valence-electron chi connectivity index (χ0n) is 23.0. The van der Waals surface area contributed by atoms with Gasteiger partial charge < -0.3 is 24.2 Å². The Kier molecular flexibility index (Phi) is 8.01. The highest BCUT2D eigenvalue weighted by Gasteiger charge is 2.31. The summed E-state index contributed by atoms with van der Waals surface area (Å²) in [5, 5.41) is 17.0. The standard InChI is InChI=1S/C30H33N5O5/c1-18(2)39-26-10-7-20(16-21(26)17-31)29-33-28(34-40-29)24-6-4-5-23-22(24)8-9-25(23)32-30(37)35-13-11-19(12-14-35)15-27(36)38-3/h4-7,10,16,18-19,25H,8-9,11-15H2,1-3H3,(H,32,37)/t25-/m0/s1. The minimum absolute atomic E-state index is 0.0491. The Morgan fingerprint density at radius 3 is 2.73 bits per heavy atom. The Morgan fingerprint density at radius 2 is 2.00 bits per heavy atom. The Labute approximate surface area is 233 Å². The molecule has 0 unspecified atom stereocenters. The van der Waals surface area contributed by atoms with E-state index in [9.17, 15) is 14.9 Å². The molecule has 40 heavy (non-hydrogen) atoms. The summed E-state index contributed by atoms with van der Waals surface area (Å²) < 4.78 is 16.1. The Bertz CT molecular complexity index is 1430. The summed E-state index contributed by atoms with van der Waals surface area (Å²) in [5.74, 6) is 1.35. The number of fused-ring (bicyclic) bond motifs is 1. The number of nitriles is 1. The number of ether oxygens (including phenoxy) is 2. The number of piperidine rings is 1. The van der Waals surface area contributed by atoms with Crippen molar-refractivity contribution < 1.29 is 23.6 Å². The normalized spacial score (nSPS) is 16.9. The smallest absolute Gasteiger partial charge is 0.317 e. The molecule has 1 aromatic heterocycles. The van der Waals surface area contributed by atoms with Crippen LogP contribution in [0.3, 0.4) is 0 Å². The third-order valence-electron chi connectivity index (χ3n) is 7.53. The van der Waals surface area contributed by atoms with Crippen molar-refractivity contribution in [1.82, 2.24) is 20.4 Å². The van der Waals surface area contributed by atoms with E-state index in [1.807, 2.05) is 36.9 Å². The lowest BCUT2D eigenvalue weighted by atomic mass is 9.94. The van der Waals surface area contributed by atoms with E-state index in [-0.39, 0.29) is 30.1 Å². The van der Waals surface area contributed by atoms with E-state index in [1.165, 1.54) is 7.11 Å². The molecule has 10 nitrogen and oxygen atoms in total. The minimum Gasteiger partial charge on any atom is -0.490 e. The van der Waals surface area contributed by atoms with Gasteiger partial charge in [0.2, 0.25) is 5.82 Å². The molecular weight excluding hydrogens is 510 g/mol. The molecule has 1 atom stereocenters. The van der Waals surface area contributed by atoms with Crippen molar-refractivity contribution in [2.24, 2.45) is 5.92 Å². The van der Waals surface area contributed by atoms with Gasteiger partial charge in [0.05, 0.1) is 24.8 Å². The van der Waals surface area contributed by atoms with Gasteiger partial charge in [0, 0.05) is 30.6 Å². The van der Waals surface area contributed by atoms with E-state index in [2.05, 4.69) is 21.5 Å². The third kappa shape index (κ3) is 5.78. The molecule has 0 bridgehead atoms. The maximum absolute atomic E-state index is 13.1. The molecule has 0 spiro atoms.